The fourth-order valence-electron chi connectivity index (χ4n) is 3.14. The summed E-state index contributed by atoms with van der Waals surface area (Å²) >= 11 is 0. The molecular formula is C19H18N2. The van der Waals surface area contributed by atoms with Gasteiger partial charge in [0, 0.05) is 37.2 Å². The van der Waals surface area contributed by atoms with E-state index >= 15 is 0 Å². The van der Waals surface area contributed by atoms with Gasteiger partial charge in [0.1, 0.15) is 0 Å². The zero-order valence-corrected chi connectivity index (χ0v) is 11.9. The first-order valence-electron chi connectivity index (χ1n) is 7.41. The van der Waals surface area contributed by atoms with Gasteiger partial charge in [0.2, 0.25) is 0 Å². The van der Waals surface area contributed by atoms with Crippen LogP contribution in [0, 0.1) is 0 Å². The van der Waals surface area contributed by atoms with Crippen LogP contribution in [0.25, 0.3) is 5.69 Å². The second kappa shape index (κ2) is 5.23. The van der Waals surface area contributed by atoms with E-state index in [-0.39, 0.29) is 0 Å². The van der Waals surface area contributed by atoms with Gasteiger partial charge in [-0.1, -0.05) is 48.5 Å². The van der Waals surface area contributed by atoms with E-state index in [9.17, 15) is 0 Å². The number of aromatic nitrogens is 1. The highest BCUT2D eigenvalue weighted by Crippen LogP contribution is 2.25. The van der Waals surface area contributed by atoms with Crippen molar-refractivity contribution in [2.75, 3.05) is 0 Å². The number of hydrogen-bond donors (Lipinski definition) is 0. The second-order valence-corrected chi connectivity index (χ2v) is 5.63. The minimum Gasteiger partial charge on any atom is -0.319 e. The zero-order valence-electron chi connectivity index (χ0n) is 11.9. The van der Waals surface area contributed by atoms with E-state index in [4.69, 9.17) is 0 Å². The molecule has 3 aromatic rings. The minimum absolute atomic E-state index is 0.983. The molecule has 0 amide bonds. The van der Waals surface area contributed by atoms with Gasteiger partial charge in [-0.3, -0.25) is 4.90 Å². The first-order valence-corrected chi connectivity index (χ1v) is 7.41. The van der Waals surface area contributed by atoms with Crippen molar-refractivity contribution in [1.82, 2.24) is 9.47 Å². The summed E-state index contributed by atoms with van der Waals surface area (Å²) in [5.74, 6) is 0. The smallest absolute Gasteiger partial charge is 0.0497 e. The highest BCUT2D eigenvalue weighted by molar-refractivity contribution is 5.44. The molecular weight excluding hydrogens is 256 g/mol. The van der Waals surface area contributed by atoms with Crippen LogP contribution in [0.5, 0.6) is 0 Å². The molecule has 2 aromatic carbocycles. The van der Waals surface area contributed by atoms with Gasteiger partial charge < -0.3 is 4.57 Å². The van der Waals surface area contributed by atoms with Gasteiger partial charge in [0.15, 0.2) is 0 Å². The quantitative estimate of drug-likeness (QED) is 0.686. The van der Waals surface area contributed by atoms with Crippen molar-refractivity contribution in [3.8, 4) is 5.69 Å². The summed E-state index contributed by atoms with van der Waals surface area (Å²) in [5.41, 5.74) is 5.43. The average molecular weight is 274 g/mol. The average Bonchev–Trinajstić information content (AvgIpc) is 2.91. The van der Waals surface area contributed by atoms with Crippen molar-refractivity contribution in [2.45, 2.75) is 19.6 Å². The highest BCUT2D eigenvalue weighted by Gasteiger charge is 2.18. The molecule has 0 atom stereocenters. The number of nitrogens with zero attached hydrogens (tertiary/aromatic N) is 2. The normalized spacial score (nSPS) is 14.3. The third-order valence-corrected chi connectivity index (χ3v) is 4.11. The summed E-state index contributed by atoms with van der Waals surface area (Å²) in [4.78, 5) is 2.51. The molecule has 0 bridgehead atoms. The number of fused-ring (bicyclic) bond motifs is 3. The van der Waals surface area contributed by atoms with E-state index in [1.54, 1.807) is 0 Å². The molecule has 0 saturated heterocycles. The first-order chi connectivity index (χ1) is 10.4. The molecule has 2 heterocycles. The Labute approximate surface area is 125 Å². The molecule has 0 saturated carbocycles. The van der Waals surface area contributed by atoms with Crippen molar-refractivity contribution in [2.24, 2.45) is 0 Å². The molecule has 4 rings (SSSR count). The molecule has 2 nitrogen and oxygen atoms in total. The van der Waals surface area contributed by atoms with Crippen LogP contribution in [0.15, 0.2) is 72.9 Å². The van der Waals surface area contributed by atoms with Gasteiger partial charge in [0.25, 0.3) is 0 Å². The van der Waals surface area contributed by atoms with E-state index in [2.05, 4.69) is 82.4 Å². The van der Waals surface area contributed by atoms with Crippen LogP contribution >= 0.6 is 0 Å². The summed E-state index contributed by atoms with van der Waals surface area (Å²) in [7, 11) is 0. The van der Waals surface area contributed by atoms with Gasteiger partial charge in [-0.15, -0.1) is 0 Å². The summed E-state index contributed by atoms with van der Waals surface area (Å²) in [6.45, 7) is 2.96. The Hall–Kier alpha value is -2.32. The Morgan fingerprint density at radius 1 is 0.762 bits per heavy atom. The third-order valence-electron chi connectivity index (χ3n) is 4.11. The second-order valence-electron chi connectivity index (χ2n) is 5.63. The molecule has 2 heteroatoms. The van der Waals surface area contributed by atoms with Crippen LogP contribution in [-0.2, 0) is 19.6 Å². The molecule has 21 heavy (non-hydrogen) atoms. The van der Waals surface area contributed by atoms with Crippen LogP contribution < -0.4 is 0 Å². The molecule has 0 aliphatic carbocycles. The Morgan fingerprint density at radius 3 is 2.48 bits per heavy atom. The maximum Gasteiger partial charge on any atom is 0.0497 e. The van der Waals surface area contributed by atoms with Gasteiger partial charge in [-0.25, -0.2) is 0 Å². The first kappa shape index (κ1) is 12.4. The Bertz CT molecular complexity index is 743. The molecule has 0 spiro atoms. The SMILES string of the molecule is c1ccc(CN2Cc3ccccc3-n3cccc3C2)cc1. The highest BCUT2D eigenvalue weighted by atomic mass is 15.2. The lowest BCUT2D eigenvalue weighted by atomic mass is 10.1. The predicted molar refractivity (Wildman–Crippen MR) is 85.2 cm³/mol. The van der Waals surface area contributed by atoms with E-state index in [1.807, 2.05) is 0 Å². The maximum absolute atomic E-state index is 2.51. The lowest BCUT2D eigenvalue weighted by Gasteiger charge is -2.20. The number of para-hydroxylation sites is 1. The van der Waals surface area contributed by atoms with Crippen LogP contribution in [0.1, 0.15) is 16.8 Å². The lowest BCUT2D eigenvalue weighted by Crippen LogP contribution is -2.21. The summed E-state index contributed by atoms with van der Waals surface area (Å²) in [6.07, 6.45) is 2.17. The predicted octanol–water partition coefficient (Wildman–Crippen LogP) is 3.99. The molecule has 0 unspecified atom stereocenters. The third kappa shape index (κ3) is 2.39. The van der Waals surface area contributed by atoms with Crippen LogP contribution in [-0.4, -0.2) is 9.47 Å². The molecule has 0 fully saturated rings. The summed E-state index contributed by atoms with van der Waals surface area (Å²) < 4.78 is 2.32. The minimum atomic E-state index is 0.983. The van der Waals surface area contributed by atoms with Crippen molar-refractivity contribution < 1.29 is 0 Å². The van der Waals surface area contributed by atoms with Crippen molar-refractivity contribution >= 4 is 0 Å². The molecule has 104 valence electrons. The van der Waals surface area contributed by atoms with Gasteiger partial charge in [-0.05, 0) is 29.3 Å². The molecule has 1 aliphatic rings. The Morgan fingerprint density at radius 2 is 1.57 bits per heavy atom. The largest absolute Gasteiger partial charge is 0.319 e. The molecule has 1 aromatic heterocycles. The molecule has 0 radical (unpaired) electrons. The van der Waals surface area contributed by atoms with E-state index < -0.39 is 0 Å². The van der Waals surface area contributed by atoms with Crippen molar-refractivity contribution in [1.29, 1.82) is 0 Å². The van der Waals surface area contributed by atoms with E-state index in [0.717, 1.165) is 19.6 Å². The van der Waals surface area contributed by atoms with Crippen molar-refractivity contribution in [3.05, 3.63) is 89.7 Å². The number of hydrogen-bond acceptors (Lipinski definition) is 1. The van der Waals surface area contributed by atoms with Crippen molar-refractivity contribution in [3.63, 3.8) is 0 Å². The molecule has 1 aliphatic heterocycles. The standard InChI is InChI=1S/C19H18N2/c1-2-7-16(8-3-1)13-20-14-17-9-4-5-11-19(17)21-12-6-10-18(21)15-20/h1-12H,13-15H2. The van der Waals surface area contributed by atoms with E-state index in [1.165, 1.54) is 22.5 Å². The number of benzene rings is 2. The maximum atomic E-state index is 2.51. The van der Waals surface area contributed by atoms with E-state index in [0.29, 0.717) is 0 Å². The van der Waals surface area contributed by atoms with Crippen LogP contribution in [0.3, 0.4) is 0 Å². The summed E-state index contributed by atoms with van der Waals surface area (Å²) in [5, 5.41) is 0. The summed E-state index contributed by atoms with van der Waals surface area (Å²) in [6, 6.07) is 23.8. The topological polar surface area (TPSA) is 8.17 Å². The molecule has 0 N–H and O–H groups in total. The Kier molecular flexibility index (Phi) is 3.09. The van der Waals surface area contributed by atoms with Gasteiger partial charge in [-0.2, -0.15) is 0 Å². The van der Waals surface area contributed by atoms with Gasteiger partial charge in [0.05, 0.1) is 0 Å². The Balaban J connectivity index is 1.71. The zero-order chi connectivity index (χ0) is 14.1. The van der Waals surface area contributed by atoms with Crippen LogP contribution in [0.4, 0.5) is 0 Å². The monoisotopic (exact) mass is 274 g/mol. The lowest BCUT2D eigenvalue weighted by molar-refractivity contribution is 0.248. The number of rotatable bonds is 2. The van der Waals surface area contributed by atoms with Gasteiger partial charge >= 0.3 is 0 Å². The fraction of sp³-hybridized carbons (Fsp3) is 0.158. The van der Waals surface area contributed by atoms with Crippen LogP contribution in [0.2, 0.25) is 0 Å². The fourth-order valence-corrected chi connectivity index (χ4v) is 3.14.